The minimum absolute atomic E-state index is 0.0435. The van der Waals surface area contributed by atoms with Crippen LogP contribution < -0.4 is 10.1 Å². The molecular formula is C19H22N4O3. The fourth-order valence-electron chi connectivity index (χ4n) is 2.88. The van der Waals surface area contributed by atoms with Crippen LogP contribution in [0.2, 0.25) is 0 Å². The molecule has 3 rings (SSSR count). The standard InChI is InChI=1S/C19H22N4O3/c1-14(24)22-9-11-23(12-10-22)19(25)17-8-7-15(13-20-17)21-16-5-3-4-6-18(16)26-2/h3-8,13,21H,9-12H2,1-2H3. The largest absolute Gasteiger partial charge is 0.495 e. The van der Waals surface area contributed by atoms with Crippen LogP contribution in [0.1, 0.15) is 17.4 Å². The lowest BCUT2D eigenvalue weighted by molar-refractivity contribution is -0.130. The molecule has 1 fully saturated rings. The number of anilines is 2. The number of nitrogens with one attached hydrogen (secondary N) is 1. The number of para-hydroxylation sites is 2. The van der Waals surface area contributed by atoms with Gasteiger partial charge in [-0.1, -0.05) is 12.1 Å². The molecule has 1 aliphatic rings. The molecule has 0 spiro atoms. The highest BCUT2D eigenvalue weighted by Crippen LogP contribution is 2.26. The maximum Gasteiger partial charge on any atom is 0.272 e. The van der Waals surface area contributed by atoms with Gasteiger partial charge in [0.25, 0.3) is 5.91 Å². The number of benzene rings is 1. The van der Waals surface area contributed by atoms with Crippen molar-refractivity contribution in [3.05, 3.63) is 48.3 Å². The first-order chi connectivity index (χ1) is 12.6. The molecule has 26 heavy (non-hydrogen) atoms. The van der Waals surface area contributed by atoms with E-state index < -0.39 is 0 Å². The summed E-state index contributed by atoms with van der Waals surface area (Å²) in [6.45, 7) is 3.73. The van der Waals surface area contributed by atoms with Crippen LogP contribution in [0.25, 0.3) is 0 Å². The number of aromatic nitrogens is 1. The summed E-state index contributed by atoms with van der Waals surface area (Å²) in [4.78, 5) is 31.7. The molecule has 2 heterocycles. The Balaban J connectivity index is 1.64. The lowest BCUT2D eigenvalue weighted by atomic mass is 10.2. The summed E-state index contributed by atoms with van der Waals surface area (Å²) in [6, 6.07) is 11.1. The maximum absolute atomic E-state index is 12.6. The van der Waals surface area contributed by atoms with Crippen molar-refractivity contribution < 1.29 is 14.3 Å². The van der Waals surface area contributed by atoms with Crippen LogP contribution in [0.3, 0.4) is 0 Å². The van der Waals surface area contributed by atoms with E-state index in [9.17, 15) is 9.59 Å². The zero-order valence-corrected chi connectivity index (χ0v) is 14.9. The topological polar surface area (TPSA) is 74.8 Å². The smallest absolute Gasteiger partial charge is 0.272 e. The van der Waals surface area contributed by atoms with Crippen molar-refractivity contribution in [1.82, 2.24) is 14.8 Å². The fourth-order valence-corrected chi connectivity index (χ4v) is 2.88. The average Bonchev–Trinajstić information content (AvgIpc) is 2.68. The van der Waals surface area contributed by atoms with Crippen LogP contribution in [0.5, 0.6) is 5.75 Å². The predicted molar refractivity (Wildman–Crippen MR) is 98.7 cm³/mol. The van der Waals surface area contributed by atoms with E-state index in [1.54, 1.807) is 36.1 Å². The van der Waals surface area contributed by atoms with Gasteiger partial charge in [0.2, 0.25) is 5.91 Å². The van der Waals surface area contributed by atoms with Crippen molar-refractivity contribution in [3.8, 4) is 5.75 Å². The quantitative estimate of drug-likeness (QED) is 0.910. The SMILES string of the molecule is COc1ccccc1Nc1ccc(C(=O)N2CCN(C(C)=O)CC2)nc1. The van der Waals surface area contributed by atoms with Crippen LogP contribution in [0, 0.1) is 0 Å². The van der Waals surface area contributed by atoms with E-state index in [1.807, 2.05) is 30.3 Å². The van der Waals surface area contributed by atoms with E-state index in [-0.39, 0.29) is 11.8 Å². The van der Waals surface area contributed by atoms with Crippen LogP contribution in [0.4, 0.5) is 11.4 Å². The number of hydrogen-bond donors (Lipinski definition) is 1. The summed E-state index contributed by atoms with van der Waals surface area (Å²) < 4.78 is 5.31. The molecule has 0 saturated carbocycles. The maximum atomic E-state index is 12.6. The zero-order chi connectivity index (χ0) is 18.5. The minimum Gasteiger partial charge on any atom is -0.495 e. The van der Waals surface area contributed by atoms with E-state index in [1.165, 1.54) is 0 Å². The van der Waals surface area contributed by atoms with Crippen molar-refractivity contribution in [1.29, 1.82) is 0 Å². The van der Waals surface area contributed by atoms with Gasteiger partial charge in [0.1, 0.15) is 11.4 Å². The normalized spacial score (nSPS) is 14.1. The molecule has 1 aromatic carbocycles. The first-order valence-electron chi connectivity index (χ1n) is 8.49. The van der Waals surface area contributed by atoms with Crippen molar-refractivity contribution in [3.63, 3.8) is 0 Å². The molecule has 136 valence electrons. The molecular weight excluding hydrogens is 332 g/mol. The second kappa shape index (κ2) is 7.86. The Morgan fingerprint density at radius 3 is 2.35 bits per heavy atom. The van der Waals surface area contributed by atoms with Gasteiger partial charge in [0, 0.05) is 33.1 Å². The Kier molecular flexibility index (Phi) is 5.36. The van der Waals surface area contributed by atoms with Gasteiger partial charge in [-0.15, -0.1) is 0 Å². The summed E-state index contributed by atoms with van der Waals surface area (Å²) in [6.07, 6.45) is 1.63. The molecule has 0 aliphatic carbocycles. The third kappa shape index (κ3) is 3.93. The highest BCUT2D eigenvalue weighted by molar-refractivity contribution is 5.92. The number of ether oxygens (including phenoxy) is 1. The van der Waals surface area contributed by atoms with Gasteiger partial charge in [0.15, 0.2) is 0 Å². The Bertz CT molecular complexity index is 784. The number of amides is 2. The Labute approximate surface area is 152 Å². The zero-order valence-electron chi connectivity index (χ0n) is 14.9. The molecule has 7 heteroatoms. The van der Waals surface area contributed by atoms with E-state index in [0.29, 0.717) is 31.9 Å². The van der Waals surface area contributed by atoms with Crippen molar-refractivity contribution >= 4 is 23.2 Å². The Morgan fingerprint density at radius 1 is 1.04 bits per heavy atom. The van der Waals surface area contributed by atoms with Crippen LogP contribution >= 0.6 is 0 Å². The molecule has 0 atom stereocenters. The highest BCUT2D eigenvalue weighted by atomic mass is 16.5. The first kappa shape index (κ1) is 17.7. The minimum atomic E-state index is -0.114. The van der Waals surface area contributed by atoms with Crippen molar-refractivity contribution in [2.45, 2.75) is 6.92 Å². The highest BCUT2D eigenvalue weighted by Gasteiger charge is 2.23. The number of carbonyl (C=O) groups is 2. The van der Waals surface area contributed by atoms with Crippen LogP contribution in [-0.2, 0) is 4.79 Å². The number of nitrogens with zero attached hydrogens (tertiary/aromatic N) is 3. The molecule has 1 aromatic heterocycles. The monoisotopic (exact) mass is 354 g/mol. The molecule has 2 amide bonds. The van der Waals surface area contributed by atoms with E-state index in [0.717, 1.165) is 17.1 Å². The molecule has 0 bridgehead atoms. The van der Waals surface area contributed by atoms with E-state index >= 15 is 0 Å². The van der Waals surface area contributed by atoms with Crippen LogP contribution in [-0.4, -0.2) is 59.9 Å². The molecule has 0 radical (unpaired) electrons. The van der Waals surface area contributed by atoms with Crippen molar-refractivity contribution in [2.75, 3.05) is 38.6 Å². The molecule has 1 aliphatic heterocycles. The number of rotatable bonds is 4. The number of pyridine rings is 1. The number of piperazine rings is 1. The van der Waals surface area contributed by atoms with E-state index in [4.69, 9.17) is 4.74 Å². The van der Waals surface area contributed by atoms with E-state index in [2.05, 4.69) is 10.3 Å². The van der Waals surface area contributed by atoms with Gasteiger partial charge in [-0.3, -0.25) is 9.59 Å². The average molecular weight is 354 g/mol. The Morgan fingerprint density at radius 2 is 1.73 bits per heavy atom. The molecule has 1 N–H and O–H groups in total. The lowest BCUT2D eigenvalue weighted by Crippen LogP contribution is -2.50. The summed E-state index contributed by atoms with van der Waals surface area (Å²) >= 11 is 0. The van der Waals surface area contributed by atoms with Crippen molar-refractivity contribution in [2.24, 2.45) is 0 Å². The second-order valence-electron chi connectivity index (χ2n) is 6.06. The van der Waals surface area contributed by atoms with Gasteiger partial charge in [-0.25, -0.2) is 4.98 Å². The summed E-state index contributed by atoms with van der Waals surface area (Å²) in [5, 5.41) is 3.23. The van der Waals surface area contributed by atoms with Gasteiger partial charge in [0.05, 0.1) is 24.7 Å². The van der Waals surface area contributed by atoms with Gasteiger partial charge >= 0.3 is 0 Å². The predicted octanol–water partition coefficient (Wildman–Crippen LogP) is 2.14. The van der Waals surface area contributed by atoms with Gasteiger partial charge < -0.3 is 19.9 Å². The summed E-state index contributed by atoms with van der Waals surface area (Å²) in [5.74, 6) is 0.662. The third-order valence-electron chi connectivity index (χ3n) is 4.38. The summed E-state index contributed by atoms with van der Waals surface area (Å²) in [7, 11) is 1.62. The van der Waals surface area contributed by atoms with Gasteiger partial charge in [-0.05, 0) is 24.3 Å². The first-order valence-corrected chi connectivity index (χ1v) is 8.49. The molecule has 1 saturated heterocycles. The number of carbonyl (C=O) groups excluding carboxylic acids is 2. The summed E-state index contributed by atoms with van der Waals surface area (Å²) in [5.41, 5.74) is 2.00. The fraction of sp³-hybridized carbons (Fsp3) is 0.316. The Hall–Kier alpha value is -3.09. The number of methoxy groups -OCH3 is 1. The van der Waals surface area contributed by atoms with Crippen LogP contribution in [0.15, 0.2) is 42.6 Å². The number of hydrogen-bond acceptors (Lipinski definition) is 5. The molecule has 2 aromatic rings. The lowest BCUT2D eigenvalue weighted by Gasteiger charge is -2.34. The third-order valence-corrected chi connectivity index (χ3v) is 4.38. The molecule has 7 nitrogen and oxygen atoms in total. The van der Waals surface area contributed by atoms with Gasteiger partial charge in [-0.2, -0.15) is 0 Å². The second-order valence-corrected chi connectivity index (χ2v) is 6.06. The molecule has 0 unspecified atom stereocenters.